The Balaban J connectivity index is -0.0000000426. The molecule has 0 aliphatic carbocycles. The van der Waals surface area contributed by atoms with E-state index in [0.29, 0.717) is 0 Å². The van der Waals surface area contributed by atoms with Crippen LogP contribution in [0, 0.1) is 0 Å². The zero-order chi connectivity index (χ0) is 86.2. The van der Waals surface area contributed by atoms with Crippen LogP contribution in [0.1, 0.15) is 391 Å². The molecule has 0 spiro atoms. The quantitative estimate of drug-likeness (QED) is 0.0790. The molecular formula is C95H207N17. The molecule has 0 aliphatic heterocycles. The Labute approximate surface area is 707 Å². The maximum atomic E-state index is 4.15. The SMILES string of the molecule is C.C.C.C.C.C.C.CC.CC.CC.CC.CC.CC.CC.CC.CC.CC.CC.CC.CC.CC.CC(C)(C)Nc1ccccn1.CC(C)(C)Nc1cccnc1.CC(C)(C)Nc1cccnc1.CC(C)(C)Nc1ccncc1.CC(C)(C)Nc1ccncn1.CC(C)(C)Nc1cnccn1.CC(C)(C)Nc1cncnc1. The molecule has 7 aromatic heterocycles. The highest BCUT2D eigenvalue weighted by Crippen LogP contribution is 2.16. The second-order valence-corrected chi connectivity index (χ2v) is 24.9. The van der Waals surface area contributed by atoms with Gasteiger partial charge in [0.2, 0.25) is 0 Å². The molecule has 672 valence electrons. The van der Waals surface area contributed by atoms with Crippen molar-refractivity contribution < 1.29 is 0 Å². The lowest BCUT2D eigenvalue weighted by Crippen LogP contribution is -2.26. The normalized spacial score (nSPS) is 8.44. The van der Waals surface area contributed by atoms with Crippen LogP contribution < -0.4 is 37.2 Å². The second-order valence-electron chi connectivity index (χ2n) is 24.9. The molecule has 0 saturated heterocycles. The molecule has 17 nitrogen and oxygen atoms in total. The highest BCUT2D eigenvalue weighted by atomic mass is 15.1. The summed E-state index contributed by atoms with van der Waals surface area (Å²) in [5.41, 5.74) is 4.85. The molecule has 7 aromatic rings. The van der Waals surface area contributed by atoms with E-state index in [0.717, 1.165) is 40.2 Å². The maximum Gasteiger partial charge on any atom is 0.144 e. The average molecular weight is 1590 g/mol. The monoisotopic (exact) mass is 1590 g/mol. The van der Waals surface area contributed by atoms with Crippen LogP contribution in [-0.4, -0.2) is 88.6 Å². The molecule has 0 aliphatic rings. The van der Waals surface area contributed by atoms with Crippen molar-refractivity contribution in [3.63, 3.8) is 0 Å². The Morgan fingerprint density at radius 2 is 0.446 bits per heavy atom. The first-order valence-corrected chi connectivity index (χ1v) is 39.9. The Hall–Kier alpha value is -7.56. The molecule has 0 saturated carbocycles. The van der Waals surface area contributed by atoms with Gasteiger partial charge in [0, 0.05) is 106 Å². The Bertz CT molecular complexity index is 2000. The second kappa shape index (κ2) is 114. The largest absolute Gasteiger partial charge is 0.380 e. The van der Waals surface area contributed by atoms with Gasteiger partial charge < -0.3 is 37.2 Å². The third-order valence-corrected chi connectivity index (χ3v) is 7.96. The Morgan fingerprint density at radius 3 is 0.705 bits per heavy atom. The summed E-state index contributed by atoms with van der Waals surface area (Å²) in [6.07, 6.45) is 25.9. The van der Waals surface area contributed by atoms with Gasteiger partial charge in [-0.1, -0.05) is 252 Å². The van der Waals surface area contributed by atoms with Crippen LogP contribution >= 0.6 is 0 Å². The minimum absolute atomic E-state index is 0. The molecule has 0 bridgehead atoms. The van der Waals surface area contributed by atoms with Crippen molar-refractivity contribution in [2.75, 3.05) is 37.2 Å². The van der Waals surface area contributed by atoms with Gasteiger partial charge in [-0.3, -0.25) is 19.9 Å². The van der Waals surface area contributed by atoms with Crippen molar-refractivity contribution in [3.05, 3.63) is 154 Å². The van der Waals surface area contributed by atoms with E-state index < -0.39 is 0 Å². The van der Waals surface area contributed by atoms with Crippen LogP contribution in [0.25, 0.3) is 0 Å². The number of hydrogen-bond acceptors (Lipinski definition) is 17. The Kier molecular flexibility index (Phi) is 164. The van der Waals surface area contributed by atoms with Gasteiger partial charge in [0.05, 0.1) is 35.7 Å². The summed E-state index contributed by atoms with van der Waals surface area (Å²) < 4.78 is 0. The van der Waals surface area contributed by atoms with Crippen molar-refractivity contribution >= 4 is 40.2 Å². The van der Waals surface area contributed by atoms with Crippen molar-refractivity contribution in [1.29, 1.82) is 0 Å². The molecule has 0 fully saturated rings. The smallest absolute Gasteiger partial charge is 0.144 e. The number of nitrogens with zero attached hydrogens (tertiary/aromatic N) is 10. The van der Waals surface area contributed by atoms with E-state index in [1.165, 1.54) is 12.7 Å². The molecule has 0 radical (unpaired) electrons. The number of hydrogen-bond donors (Lipinski definition) is 7. The van der Waals surface area contributed by atoms with Crippen LogP contribution in [0.2, 0.25) is 0 Å². The number of nitrogens with one attached hydrogen (secondary N) is 7. The summed E-state index contributed by atoms with van der Waals surface area (Å²) in [4.78, 5) is 39.8. The van der Waals surface area contributed by atoms with E-state index in [-0.39, 0.29) is 90.8 Å². The summed E-state index contributed by atoms with van der Waals surface area (Å²) in [5, 5.41) is 22.9. The van der Waals surface area contributed by atoms with Crippen molar-refractivity contribution in [2.24, 2.45) is 0 Å². The number of pyridine rings is 4. The van der Waals surface area contributed by atoms with E-state index in [2.05, 4.69) is 232 Å². The van der Waals surface area contributed by atoms with E-state index in [9.17, 15) is 0 Å². The molecule has 0 aromatic carbocycles. The van der Waals surface area contributed by atoms with Crippen molar-refractivity contribution in [3.8, 4) is 0 Å². The molecule has 0 amide bonds. The van der Waals surface area contributed by atoms with E-state index >= 15 is 0 Å². The molecule has 0 unspecified atom stereocenters. The van der Waals surface area contributed by atoms with Gasteiger partial charge in [-0.2, -0.15) is 0 Å². The van der Waals surface area contributed by atoms with Gasteiger partial charge in [0.25, 0.3) is 0 Å². The molecule has 7 N–H and O–H groups in total. The summed E-state index contributed by atoms with van der Waals surface area (Å²) in [7, 11) is 0. The van der Waals surface area contributed by atoms with Crippen LogP contribution in [0.5, 0.6) is 0 Å². The maximum absolute atomic E-state index is 4.15. The summed E-state index contributed by atoms with van der Waals surface area (Å²) in [6.45, 7) is 100. The number of anilines is 7. The zero-order valence-electron chi connectivity index (χ0n) is 78.4. The summed E-state index contributed by atoms with van der Waals surface area (Å²) in [6, 6.07) is 19.5. The van der Waals surface area contributed by atoms with E-state index in [1.807, 2.05) is 267 Å². The van der Waals surface area contributed by atoms with Crippen LogP contribution in [0.4, 0.5) is 40.2 Å². The predicted molar refractivity (Wildman–Crippen MR) is 533 cm³/mol. The van der Waals surface area contributed by atoms with Crippen LogP contribution in [0.15, 0.2) is 154 Å². The molecule has 7 rings (SSSR count). The van der Waals surface area contributed by atoms with Crippen LogP contribution in [0.3, 0.4) is 0 Å². The van der Waals surface area contributed by atoms with Gasteiger partial charge in [-0.25, -0.2) is 29.9 Å². The number of aromatic nitrogens is 10. The Morgan fingerprint density at radius 1 is 0.179 bits per heavy atom. The summed E-state index contributed by atoms with van der Waals surface area (Å²) in [5.74, 6) is 2.62. The lowest BCUT2D eigenvalue weighted by molar-refractivity contribution is 0.629. The molecule has 112 heavy (non-hydrogen) atoms. The predicted octanol–water partition coefficient (Wildman–Crippen LogP) is 33.0. The highest BCUT2D eigenvalue weighted by Gasteiger charge is 2.13. The zero-order valence-corrected chi connectivity index (χ0v) is 78.4. The fourth-order valence-electron chi connectivity index (χ4n) is 5.72. The minimum atomic E-state index is 0. The van der Waals surface area contributed by atoms with Crippen molar-refractivity contribution in [1.82, 2.24) is 49.8 Å². The van der Waals surface area contributed by atoms with Crippen LogP contribution in [-0.2, 0) is 0 Å². The number of rotatable bonds is 7. The lowest BCUT2D eigenvalue weighted by atomic mass is 10.1. The fraction of sp³-hybridized carbons (Fsp3) is 0.663. The first kappa shape index (κ1) is 161. The third-order valence-electron chi connectivity index (χ3n) is 7.96. The molecule has 17 heteroatoms. The minimum Gasteiger partial charge on any atom is -0.380 e. The van der Waals surface area contributed by atoms with Gasteiger partial charge in [-0.15, -0.1) is 0 Å². The first-order valence-electron chi connectivity index (χ1n) is 39.9. The van der Waals surface area contributed by atoms with E-state index in [1.54, 1.807) is 68.2 Å². The standard InChI is InChI=1S/4C9H14N2.3C8H13N3.14C2H6.7CH4/c1-9(2,3)11-8-4-6-10-7-5-8;2*1-9(2,3)11-8-5-4-6-10-7-8;1-9(2,3)11-8-6-4-5-7-10-8;1-8(2,3)11-7-4-9-6-10-5-7;1-8(2,3)11-7-6-9-4-5-10-7;1-8(2,3)11-7-4-5-9-6-10-7;14*1-2;;;;;;;/h4-7H,1-3H3,(H,10,11);2*4-7,11H,1-3H3;4-7H,1-3H3,(H,10,11);4-6,11H,1-3H3;4-6H,1-3H3,(H,10,11);4-6H,1-3H3,(H,9,10,11);14*1-2H3;7*1H4. The highest BCUT2D eigenvalue weighted by molar-refractivity contribution is 5.44. The molecular weight excluding hydrogens is 1380 g/mol. The third kappa shape index (κ3) is 151. The van der Waals surface area contributed by atoms with Gasteiger partial charge in [-0.05, 0) is 200 Å². The lowest BCUT2D eigenvalue weighted by Gasteiger charge is -2.21. The van der Waals surface area contributed by atoms with E-state index in [4.69, 9.17) is 0 Å². The summed E-state index contributed by atoms with van der Waals surface area (Å²) >= 11 is 0. The van der Waals surface area contributed by atoms with Gasteiger partial charge in [0.1, 0.15) is 30.1 Å². The molecule has 7 heterocycles. The van der Waals surface area contributed by atoms with Gasteiger partial charge in [0.15, 0.2) is 0 Å². The van der Waals surface area contributed by atoms with Gasteiger partial charge >= 0.3 is 0 Å². The fourth-order valence-corrected chi connectivity index (χ4v) is 5.72. The topological polar surface area (TPSA) is 213 Å². The first-order chi connectivity index (χ1) is 49.5. The molecule has 0 atom stereocenters. The van der Waals surface area contributed by atoms with Crippen molar-refractivity contribution in [2.45, 2.75) is 430 Å². The average Bonchev–Trinajstić information content (AvgIpc) is 0.970.